The van der Waals surface area contributed by atoms with Gasteiger partial charge in [-0.3, -0.25) is 24.5 Å². The van der Waals surface area contributed by atoms with Crippen LogP contribution in [-0.4, -0.2) is 42.5 Å². The normalized spacial score (nSPS) is 19.1. The standard InChI is InChI=1S/C26H30N2O8/c1-3-5-15-34-25(30)22-23(19-9-13-21(14-10-19)28(32)33)27(20-11-7-18(17-29)8-12-20)36-24(22)26(31)35-16-6-4-2/h7-14,17,22-24H,3-6,15-16H2,1-2H3/t22-,23-,24+/m1/s1. The second-order valence-corrected chi connectivity index (χ2v) is 8.42. The average Bonchev–Trinajstić information content (AvgIpc) is 3.30. The minimum absolute atomic E-state index is 0.114. The van der Waals surface area contributed by atoms with Crippen LogP contribution in [0.4, 0.5) is 11.4 Å². The summed E-state index contributed by atoms with van der Waals surface area (Å²) >= 11 is 0. The maximum absolute atomic E-state index is 13.3. The Labute approximate surface area is 209 Å². The first kappa shape index (κ1) is 26.8. The molecule has 1 heterocycles. The highest BCUT2D eigenvalue weighted by molar-refractivity contribution is 5.86. The molecule has 3 atom stereocenters. The molecule has 0 unspecified atom stereocenters. The van der Waals surface area contributed by atoms with Gasteiger partial charge in [0.15, 0.2) is 6.10 Å². The molecule has 0 spiro atoms. The van der Waals surface area contributed by atoms with Crippen LogP contribution in [-0.2, 0) is 23.9 Å². The van der Waals surface area contributed by atoms with Crippen LogP contribution in [0.25, 0.3) is 0 Å². The number of carbonyl (C=O) groups is 3. The number of hydrogen-bond donors (Lipinski definition) is 0. The Kier molecular flexibility index (Phi) is 9.52. The molecule has 0 radical (unpaired) electrons. The summed E-state index contributed by atoms with van der Waals surface area (Å²) in [4.78, 5) is 54.2. The van der Waals surface area contributed by atoms with Crippen LogP contribution in [0.3, 0.4) is 0 Å². The number of hydrogen-bond acceptors (Lipinski definition) is 9. The second-order valence-electron chi connectivity index (χ2n) is 8.42. The van der Waals surface area contributed by atoms with Crippen molar-refractivity contribution in [2.45, 2.75) is 51.7 Å². The number of nitrogens with zero attached hydrogens (tertiary/aromatic N) is 2. The highest BCUT2D eigenvalue weighted by atomic mass is 16.7. The van der Waals surface area contributed by atoms with Crippen molar-refractivity contribution in [1.82, 2.24) is 0 Å². The van der Waals surface area contributed by atoms with Crippen molar-refractivity contribution in [3.8, 4) is 0 Å². The van der Waals surface area contributed by atoms with Crippen molar-refractivity contribution < 1.29 is 33.6 Å². The third-order valence-electron chi connectivity index (χ3n) is 5.86. The lowest BCUT2D eigenvalue weighted by atomic mass is 9.89. The predicted octanol–water partition coefficient (Wildman–Crippen LogP) is 4.57. The van der Waals surface area contributed by atoms with Crippen LogP contribution < -0.4 is 5.06 Å². The van der Waals surface area contributed by atoms with Gasteiger partial charge in [-0.2, -0.15) is 0 Å². The van der Waals surface area contributed by atoms with E-state index in [1.54, 1.807) is 24.3 Å². The Morgan fingerprint density at radius 1 is 0.972 bits per heavy atom. The molecule has 0 amide bonds. The lowest BCUT2D eigenvalue weighted by Crippen LogP contribution is -2.37. The van der Waals surface area contributed by atoms with Crippen molar-refractivity contribution in [3.05, 3.63) is 69.8 Å². The molecule has 0 aromatic heterocycles. The van der Waals surface area contributed by atoms with Crippen molar-refractivity contribution >= 4 is 29.6 Å². The Morgan fingerprint density at radius 2 is 1.56 bits per heavy atom. The monoisotopic (exact) mass is 498 g/mol. The van der Waals surface area contributed by atoms with Gasteiger partial charge < -0.3 is 9.47 Å². The van der Waals surface area contributed by atoms with Crippen LogP contribution in [0.1, 0.15) is 61.5 Å². The first-order valence-corrected chi connectivity index (χ1v) is 12.0. The number of esters is 2. The number of benzene rings is 2. The fraction of sp³-hybridized carbons (Fsp3) is 0.423. The van der Waals surface area contributed by atoms with Gasteiger partial charge in [0, 0.05) is 17.7 Å². The van der Waals surface area contributed by atoms with Crippen molar-refractivity contribution in [3.63, 3.8) is 0 Å². The number of hydroxylamine groups is 1. The molecule has 36 heavy (non-hydrogen) atoms. The SMILES string of the molecule is CCCCOC(=O)[C@H]1[C@@H](C(=O)OCCCC)ON(c2ccc(C=O)cc2)[C@@H]1c1ccc([N+](=O)[O-])cc1. The molecule has 1 aliphatic rings. The average molecular weight is 499 g/mol. The second kappa shape index (κ2) is 12.8. The Hall–Kier alpha value is -3.79. The molecule has 1 fully saturated rings. The van der Waals surface area contributed by atoms with Gasteiger partial charge in [-0.15, -0.1) is 0 Å². The quantitative estimate of drug-likeness (QED) is 0.136. The lowest BCUT2D eigenvalue weighted by molar-refractivity contribution is -0.384. The van der Waals surface area contributed by atoms with Crippen molar-refractivity contribution in [2.75, 3.05) is 18.3 Å². The van der Waals surface area contributed by atoms with Gasteiger partial charge in [0.2, 0.25) is 0 Å². The van der Waals surface area contributed by atoms with E-state index in [-0.39, 0.29) is 18.9 Å². The molecule has 0 saturated carbocycles. The number of nitro benzene ring substituents is 1. The number of unbranched alkanes of at least 4 members (excludes halogenated alkanes) is 2. The largest absolute Gasteiger partial charge is 0.465 e. The predicted molar refractivity (Wildman–Crippen MR) is 130 cm³/mol. The first-order chi connectivity index (χ1) is 17.4. The number of non-ortho nitro benzene ring substituents is 1. The van der Waals surface area contributed by atoms with E-state index in [0.29, 0.717) is 35.9 Å². The number of nitro groups is 1. The molecule has 2 aromatic carbocycles. The maximum atomic E-state index is 13.3. The van der Waals surface area contributed by atoms with Gasteiger partial charge in [0.05, 0.1) is 29.9 Å². The molecule has 0 N–H and O–H groups in total. The summed E-state index contributed by atoms with van der Waals surface area (Å²) in [5.74, 6) is -2.42. The fourth-order valence-electron chi connectivity index (χ4n) is 3.88. The molecule has 0 aliphatic carbocycles. The van der Waals surface area contributed by atoms with Gasteiger partial charge in [0.1, 0.15) is 12.2 Å². The molecule has 1 aliphatic heterocycles. The van der Waals surface area contributed by atoms with Crippen LogP contribution in [0.5, 0.6) is 0 Å². The first-order valence-electron chi connectivity index (χ1n) is 12.0. The topological polar surface area (TPSA) is 125 Å². The van der Waals surface area contributed by atoms with Gasteiger partial charge in [0.25, 0.3) is 5.69 Å². The van der Waals surface area contributed by atoms with Gasteiger partial charge in [-0.25, -0.2) is 9.86 Å². The molecule has 2 aromatic rings. The van der Waals surface area contributed by atoms with E-state index in [9.17, 15) is 24.5 Å². The summed E-state index contributed by atoms with van der Waals surface area (Å²) in [6, 6.07) is 11.3. The molecular weight excluding hydrogens is 468 g/mol. The van der Waals surface area contributed by atoms with E-state index in [1.165, 1.54) is 29.3 Å². The summed E-state index contributed by atoms with van der Waals surface area (Å²) in [6.45, 7) is 4.29. The van der Waals surface area contributed by atoms with E-state index in [2.05, 4.69) is 0 Å². The Morgan fingerprint density at radius 3 is 2.08 bits per heavy atom. The van der Waals surface area contributed by atoms with E-state index in [1.807, 2.05) is 13.8 Å². The lowest BCUT2D eigenvalue weighted by Gasteiger charge is -2.27. The third kappa shape index (κ3) is 6.25. The highest BCUT2D eigenvalue weighted by Gasteiger charge is 2.53. The van der Waals surface area contributed by atoms with E-state index in [4.69, 9.17) is 14.3 Å². The molecular formula is C26H30N2O8. The maximum Gasteiger partial charge on any atom is 0.339 e. The van der Waals surface area contributed by atoms with E-state index >= 15 is 0 Å². The van der Waals surface area contributed by atoms with Gasteiger partial charge in [-0.1, -0.05) is 38.8 Å². The molecule has 10 heteroatoms. The number of ether oxygens (including phenoxy) is 2. The summed E-state index contributed by atoms with van der Waals surface area (Å²) < 4.78 is 10.9. The van der Waals surface area contributed by atoms with Gasteiger partial charge in [-0.05, 0) is 42.7 Å². The highest BCUT2D eigenvalue weighted by Crippen LogP contribution is 2.44. The van der Waals surface area contributed by atoms with Gasteiger partial charge >= 0.3 is 11.9 Å². The summed E-state index contributed by atoms with van der Waals surface area (Å²) in [6.07, 6.45) is 2.36. The van der Waals surface area contributed by atoms with Crippen LogP contribution in [0.2, 0.25) is 0 Å². The van der Waals surface area contributed by atoms with Crippen LogP contribution in [0, 0.1) is 16.0 Å². The minimum atomic E-state index is -1.29. The summed E-state index contributed by atoms with van der Waals surface area (Å²) in [5.41, 5.74) is 1.33. The van der Waals surface area contributed by atoms with Crippen LogP contribution in [0.15, 0.2) is 48.5 Å². The molecule has 192 valence electrons. The number of rotatable bonds is 12. The molecule has 10 nitrogen and oxygen atoms in total. The minimum Gasteiger partial charge on any atom is -0.465 e. The smallest absolute Gasteiger partial charge is 0.339 e. The fourth-order valence-corrected chi connectivity index (χ4v) is 3.88. The zero-order chi connectivity index (χ0) is 26.1. The Balaban J connectivity index is 2.04. The van der Waals surface area contributed by atoms with Crippen LogP contribution >= 0.6 is 0 Å². The number of anilines is 1. The van der Waals surface area contributed by atoms with E-state index < -0.39 is 34.9 Å². The summed E-state index contributed by atoms with van der Waals surface area (Å²) in [7, 11) is 0. The molecule has 1 saturated heterocycles. The zero-order valence-electron chi connectivity index (χ0n) is 20.3. The number of carbonyl (C=O) groups excluding carboxylic acids is 3. The van der Waals surface area contributed by atoms with E-state index in [0.717, 1.165) is 12.8 Å². The van der Waals surface area contributed by atoms with Crippen molar-refractivity contribution in [2.24, 2.45) is 5.92 Å². The zero-order valence-corrected chi connectivity index (χ0v) is 20.3. The molecule has 0 bridgehead atoms. The molecule has 3 rings (SSSR count). The Bertz CT molecular complexity index is 1050. The van der Waals surface area contributed by atoms with Crippen molar-refractivity contribution in [1.29, 1.82) is 0 Å². The number of aldehydes is 1. The third-order valence-corrected chi connectivity index (χ3v) is 5.86. The summed E-state index contributed by atoms with van der Waals surface area (Å²) in [5, 5.41) is 12.6.